The lowest BCUT2D eigenvalue weighted by atomic mass is 9.90. The highest BCUT2D eigenvalue weighted by Crippen LogP contribution is 2.43. The van der Waals surface area contributed by atoms with Crippen LogP contribution in [0, 0.1) is 17.2 Å². The van der Waals surface area contributed by atoms with Gasteiger partial charge in [-0.1, -0.05) is 30.3 Å². The highest BCUT2D eigenvalue weighted by molar-refractivity contribution is 5.76. The van der Waals surface area contributed by atoms with E-state index in [0.717, 1.165) is 12.0 Å². The fourth-order valence-electron chi connectivity index (χ4n) is 4.34. The van der Waals surface area contributed by atoms with E-state index in [1.807, 2.05) is 32.0 Å². The molecule has 1 aliphatic carbocycles. The molecular weight excluding hydrogens is 390 g/mol. The predicted molar refractivity (Wildman–Crippen MR) is 117 cm³/mol. The van der Waals surface area contributed by atoms with Crippen molar-refractivity contribution >= 4 is 5.78 Å². The van der Waals surface area contributed by atoms with Crippen molar-refractivity contribution in [3.05, 3.63) is 53.1 Å². The van der Waals surface area contributed by atoms with Gasteiger partial charge in [0.1, 0.15) is 17.6 Å². The second-order valence-corrected chi connectivity index (χ2v) is 8.44. The summed E-state index contributed by atoms with van der Waals surface area (Å²) in [5.74, 6) is 2.23. The van der Waals surface area contributed by atoms with Crippen LogP contribution in [-0.2, 0) is 11.2 Å². The van der Waals surface area contributed by atoms with E-state index in [9.17, 15) is 10.1 Å². The molecule has 1 aliphatic rings. The summed E-state index contributed by atoms with van der Waals surface area (Å²) in [6.07, 6.45) is 1.38. The van der Waals surface area contributed by atoms with Gasteiger partial charge in [-0.15, -0.1) is 0 Å². The number of aromatic nitrogens is 2. The molecule has 0 saturated heterocycles. The summed E-state index contributed by atoms with van der Waals surface area (Å²) in [4.78, 5) is 16.3. The summed E-state index contributed by atoms with van der Waals surface area (Å²) in [6, 6.07) is 13.6. The van der Waals surface area contributed by atoms with Crippen molar-refractivity contribution in [3.8, 4) is 34.7 Å². The van der Waals surface area contributed by atoms with E-state index < -0.39 is 0 Å². The van der Waals surface area contributed by atoms with Gasteiger partial charge in [-0.2, -0.15) is 10.2 Å². The number of nitriles is 1. The standard InChI is InChI=1S/C25H25N3O3/c1-14(2)30-23-9-8-17(11-19(23)13-26)25-27-24(28-31-25)21-7-5-6-20-16(4)18(10-15(3)29)12-22(20)21/h5-9,11,14,16,18H,10,12H2,1-4H3/t16-,18-/m1/s1. The fraction of sp³-hybridized carbons (Fsp3) is 0.360. The van der Waals surface area contributed by atoms with Gasteiger partial charge in [0, 0.05) is 17.5 Å². The maximum Gasteiger partial charge on any atom is 0.258 e. The Morgan fingerprint density at radius 3 is 2.84 bits per heavy atom. The minimum absolute atomic E-state index is 0.0256. The van der Waals surface area contributed by atoms with Crippen LogP contribution in [0.4, 0.5) is 0 Å². The number of ketones is 1. The molecule has 6 nitrogen and oxygen atoms in total. The number of benzene rings is 2. The number of rotatable bonds is 6. The van der Waals surface area contributed by atoms with Gasteiger partial charge in [0.25, 0.3) is 5.89 Å². The molecule has 0 bridgehead atoms. The van der Waals surface area contributed by atoms with Crippen LogP contribution in [-0.4, -0.2) is 22.0 Å². The number of hydrogen-bond acceptors (Lipinski definition) is 6. The Kier molecular flexibility index (Phi) is 5.60. The Morgan fingerprint density at radius 1 is 1.32 bits per heavy atom. The van der Waals surface area contributed by atoms with Gasteiger partial charge >= 0.3 is 0 Å². The molecule has 0 saturated carbocycles. The number of Topliss-reactive ketones (excluding diaryl/α,β-unsaturated/α-hetero) is 1. The van der Waals surface area contributed by atoms with Gasteiger partial charge in [-0.3, -0.25) is 0 Å². The molecule has 0 unspecified atom stereocenters. The molecular formula is C25H25N3O3. The van der Waals surface area contributed by atoms with Crippen molar-refractivity contribution in [1.82, 2.24) is 10.1 Å². The Bertz CT molecular complexity index is 1170. The van der Waals surface area contributed by atoms with E-state index in [1.165, 1.54) is 11.1 Å². The topological polar surface area (TPSA) is 89.0 Å². The first-order chi connectivity index (χ1) is 14.9. The third-order valence-electron chi connectivity index (χ3n) is 5.80. The van der Waals surface area contributed by atoms with Crippen LogP contribution in [0.3, 0.4) is 0 Å². The molecule has 0 aliphatic heterocycles. The van der Waals surface area contributed by atoms with Gasteiger partial charge in [-0.25, -0.2) is 0 Å². The van der Waals surface area contributed by atoms with Crippen LogP contribution in [0.2, 0.25) is 0 Å². The maximum atomic E-state index is 11.7. The summed E-state index contributed by atoms with van der Waals surface area (Å²) in [6.45, 7) is 7.66. The third-order valence-corrected chi connectivity index (χ3v) is 5.80. The van der Waals surface area contributed by atoms with Crippen molar-refractivity contribution in [2.45, 2.75) is 52.6 Å². The molecule has 31 heavy (non-hydrogen) atoms. The Balaban J connectivity index is 1.66. The fourth-order valence-corrected chi connectivity index (χ4v) is 4.34. The quantitative estimate of drug-likeness (QED) is 0.541. The van der Waals surface area contributed by atoms with Crippen molar-refractivity contribution in [2.75, 3.05) is 0 Å². The number of carbonyl (C=O) groups is 1. The highest BCUT2D eigenvalue weighted by atomic mass is 16.5. The van der Waals surface area contributed by atoms with E-state index in [0.29, 0.717) is 46.8 Å². The number of fused-ring (bicyclic) bond motifs is 1. The van der Waals surface area contributed by atoms with E-state index in [4.69, 9.17) is 9.26 Å². The summed E-state index contributed by atoms with van der Waals surface area (Å²) in [5.41, 5.74) is 4.46. The molecule has 4 rings (SSSR count). The number of ether oxygens (including phenoxy) is 1. The van der Waals surface area contributed by atoms with Crippen LogP contribution in [0.5, 0.6) is 5.75 Å². The number of nitrogens with zero attached hydrogens (tertiary/aromatic N) is 3. The zero-order valence-corrected chi connectivity index (χ0v) is 18.2. The molecule has 1 aromatic heterocycles. The summed E-state index contributed by atoms with van der Waals surface area (Å²) in [7, 11) is 0. The minimum Gasteiger partial charge on any atom is -0.490 e. The first kappa shape index (κ1) is 20.8. The van der Waals surface area contributed by atoms with Crippen LogP contribution in [0.1, 0.15) is 56.7 Å². The number of hydrogen-bond donors (Lipinski definition) is 0. The lowest BCUT2D eigenvalue weighted by Crippen LogP contribution is -2.09. The van der Waals surface area contributed by atoms with Crippen molar-refractivity contribution in [2.24, 2.45) is 5.92 Å². The molecule has 3 aromatic rings. The average molecular weight is 415 g/mol. The van der Waals surface area contributed by atoms with Gasteiger partial charge < -0.3 is 14.1 Å². The Morgan fingerprint density at radius 2 is 2.13 bits per heavy atom. The summed E-state index contributed by atoms with van der Waals surface area (Å²) < 4.78 is 11.2. The van der Waals surface area contributed by atoms with E-state index >= 15 is 0 Å². The largest absolute Gasteiger partial charge is 0.490 e. The Labute approximate surface area is 181 Å². The smallest absolute Gasteiger partial charge is 0.258 e. The molecule has 158 valence electrons. The first-order valence-corrected chi connectivity index (χ1v) is 10.5. The molecule has 0 spiro atoms. The van der Waals surface area contributed by atoms with Gasteiger partial charge in [0.15, 0.2) is 0 Å². The maximum absolute atomic E-state index is 11.7. The lowest BCUT2D eigenvalue weighted by Gasteiger charge is -2.13. The monoisotopic (exact) mass is 415 g/mol. The van der Waals surface area contributed by atoms with Crippen molar-refractivity contribution in [1.29, 1.82) is 5.26 Å². The zero-order valence-electron chi connectivity index (χ0n) is 18.2. The molecule has 2 atom stereocenters. The third kappa shape index (κ3) is 4.09. The second kappa shape index (κ2) is 8.35. The molecule has 1 heterocycles. The zero-order chi connectivity index (χ0) is 22.1. The summed E-state index contributed by atoms with van der Waals surface area (Å²) in [5, 5.41) is 13.7. The average Bonchev–Trinajstić information content (AvgIpc) is 3.33. The SMILES string of the molecule is CC(=O)C[C@@H]1Cc2c(-c3noc(-c4ccc(OC(C)C)c(C#N)c4)n3)cccc2[C@@H]1C. The van der Waals surface area contributed by atoms with E-state index in [1.54, 1.807) is 19.1 Å². The summed E-state index contributed by atoms with van der Waals surface area (Å²) >= 11 is 0. The molecule has 2 aromatic carbocycles. The van der Waals surface area contributed by atoms with Gasteiger partial charge in [0.2, 0.25) is 5.82 Å². The van der Waals surface area contributed by atoms with Crippen LogP contribution in [0.15, 0.2) is 40.9 Å². The van der Waals surface area contributed by atoms with Crippen molar-refractivity contribution in [3.63, 3.8) is 0 Å². The first-order valence-electron chi connectivity index (χ1n) is 10.5. The second-order valence-electron chi connectivity index (χ2n) is 8.44. The normalized spacial score (nSPS) is 17.4. The highest BCUT2D eigenvalue weighted by Gasteiger charge is 2.32. The Hall–Kier alpha value is -3.46. The van der Waals surface area contributed by atoms with Crippen LogP contribution in [0.25, 0.3) is 22.8 Å². The molecule has 6 heteroatoms. The number of carbonyl (C=O) groups excluding carboxylic acids is 1. The predicted octanol–water partition coefficient (Wildman–Crippen LogP) is 5.32. The van der Waals surface area contributed by atoms with E-state index in [2.05, 4.69) is 29.2 Å². The minimum atomic E-state index is -0.0256. The molecule has 0 fully saturated rings. The van der Waals surface area contributed by atoms with Gasteiger partial charge in [-0.05, 0) is 68.4 Å². The van der Waals surface area contributed by atoms with E-state index in [-0.39, 0.29) is 11.9 Å². The lowest BCUT2D eigenvalue weighted by molar-refractivity contribution is -0.117. The van der Waals surface area contributed by atoms with Crippen LogP contribution < -0.4 is 4.74 Å². The molecule has 0 N–H and O–H groups in total. The van der Waals surface area contributed by atoms with Crippen LogP contribution >= 0.6 is 0 Å². The van der Waals surface area contributed by atoms with Crippen molar-refractivity contribution < 1.29 is 14.1 Å². The molecule has 0 radical (unpaired) electrons. The molecule has 0 amide bonds. The van der Waals surface area contributed by atoms with Gasteiger partial charge in [0.05, 0.1) is 11.7 Å².